The summed E-state index contributed by atoms with van der Waals surface area (Å²) in [6.45, 7) is 6.38. The molecule has 96 valence electrons. The van der Waals surface area contributed by atoms with Crippen molar-refractivity contribution in [3.05, 3.63) is 24.5 Å². The Balaban J connectivity index is 3.13. The Labute approximate surface area is 114 Å². The van der Waals surface area contributed by atoms with Crippen LogP contribution in [0.5, 0.6) is 0 Å². The van der Waals surface area contributed by atoms with Crippen LogP contribution in [0.2, 0.25) is 19.6 Å². The Morgan fingerprint density at radius 1 is 1.18 bits per heavy atom. The highest BCUT2D eigenvalue weighted by Crippen LogP contribution is 2.56. The van der Waals surface area contributed by atoms with Crippen LogP contribution in [0, 0.1) is 0 Å². The molecule has 1 rings (SSSR count). The third-order valence-electron chi connectivity index (χ3n) is 2.01. The number of hydrogen-bond donors (Lipinski definition) is 0. The molecule has 0 radical (unpaired) electrons. The molecule has 0 atom stereocenters. The van der Waals surface area contributed by atoms with E-state index in [1.54, 1.807) is 0 Å². The van der Waals surface area contributed by atoms with Gasteiger partial charge in [-0.1, -0.05) is 0 Å². The molecule has 0 bridgehead atoms. The number of pyridine rings is 1. The third kappa shape index (κ3) is 4.63. The van der Waals surface area contributed by atoms with Crippen LogP contribution in [0.25, 0.3) is 0 Å². The van der Waals surface area contributed by atoms with Crippen molar-refractivity contribution in [2.75, 3.05) is 19.0 Å². The minimum Gasteiger partial charge on any atom is -0.377 e. The average Bonchev–Trinajstić information content (AvgIpc) is 2.14. The Kier molecular flexibility index (Phi) is 4.70. The van der Waals surface area contributed by atoms with Gasteiger partial charge in [0.25, 0.3) is 0 Å². The first-order valence-corrected chi connectivity index (χ1v) is 12.3. The molecule has 17 heavy (non-hydrogen) atoms. The largest absolute Gasteiger partial charge is 0.386 e. The van der Waals surface area contributed by atoms with Crippen molar-refractivity contribution in [2.45, 2.75) is 19.6 Å². The molecule has 0 aliphatic rings. The lowest BCUT2D eigenvalue weighted by molar-refractivity contribution is -0.507. The summed E-state index contributed by atoms with van der Waals surface area (Å²) in [5.74, 6) is -2.44. The van der Waals surface area contributed by atoms with Crippen molar-refractivity contribution in [2.24, 2.45) is 4.41 Å². The van der Waals surface area contributed by atoms with Gasteiger partial charge in [-0.3, -0.25) is 4.41 Å². The summed E-state index contributed by atoms with van der Waals surface area (Å²) in [4.78, 5) is 2.03. The van der Waals surface area contributed by atoms with Crippen LogP contribution in [0.1, 0.15) is 0 Å². The molecule has 0 saturated carbocycles. The molecular weight excluding hydrogens is 292 g/mol. The minimum absolute atomic E-state index is 1.11. The highest BCUT2D eigenvalue weighted by molar-refractivity contribution is 8.06. The van der Waals surface area contributed by atoms with E-state index in [0.29, 0.717) is 0 Å². The molecule has 0 saturated heterocycles. The van der Waals surface area contributed by atoms with E-state index in [1.165, 1.54) is 0 Å². The maximum absolute atomic E-state index is 6.37. The van der Waals surface area contributed by atoms with Gasteiger partial charge in [-0.25, -0.2) is 0 Å². The summed E-state index contributed by atoms with van der Waals surface area (Å²) >= 11 is 12.7. The van der Waals surface area contributed by atoms with E-state index in [1.807, 2.05) is 47.9 Å². The van der Waals surface area contributed by atoms with E-state index >= 15 is 0 Å². The zero-order valence-electron chi connectivity index (χ0n) is 10.9. The lowest BCUT2D eigenvalue weighted by Crippen LogP contribution is -2.28. The molecule has 0 amide bonds. The van der Waals surface area contributed by atoms with Crippen LogP contribution < -0.4 is 9.24 Å². The Hall–Kier alpha value is -0.0231. The summed E-state index contributed by atoms with van der Waals surface area (Å²) in [6, 6.07) is 3.97. The molecule has 1 heterocycles. The Morgan fingerprint density at radius 2 is 1.65 bits per heavy atom. The molecular formula is C10H19Cl2N3PSi+. The van der Waals surface area contributed by atoms with Crippen molar-refractivity contribution in [3.63, 3.8) is 0 Å². The fraction of sp³-hybridized carbons (Fsp3) is 0.500. The molecule has 1 aromatic heterocycles. The second kappa shape index (κ2) is 5.31. The molecule has 0 aliphatic carbocycles. The zero-order valence-corrected chi connectivity index (χ0v) is 14.3. The van der Waals surface area contributed by atoms with Crippen molar-refractivity contribution in [1.29, 1.82) is 0 Å². The molecule has 0 N–H and O–H groups in total. The molecule has 0 unspecified atom stereocenters. The van der Waals surface area contributed by atoms with Gasteiger partial charge in [0.05, 0.1) is 0 Å². The summed E-state index contributed by atoms with van der Waals surface area (Å²) in [7, 11) is 2.36. The first kappa shape index (κ1) is 15.0. The zero-order chi connectivity index (χ0) is 13.3. The van der Waals surface area contributed by atoms with E-state index in [-0.39, 0.29) is 0 Å². The van der Waals surface area contributed by atoms with Gasteiger partial charge in [-0.2, -0.15) is 4.34 Å². The molecule has 0 fully saturated rings. The van der Waals surface area contributed by atoms with Crippen LogP contribution in [-0.4, -0.2) is 22.3 Å². The van der Waals surface area contributed by atoms with Crippen LogP contribution in [0.15, 0.2) is 28.9 Å². The van der Waals surface area contributed by atoms with Crippen LogP contribution in [0.4, 0.5) is 5.69 Å². The van der Waals surface area contributed by atoms with Crippen molar-refractivity contribution < 1.29 is 4.34 Å². The standard InChI is InChI=1S/C10H19Cl2N3PSi/c1-14(2)10-6-8-15(9-7-10)16(11,12)13-17(3,4)5/h6-9H,1-5H3/q+1. The number of hydrogen-bond acceptors (Lipinski definition) is 2. The average molecular weight is 311 g/mol. The smallest absolute Gasteiger partial charge is 0.377 e. The molecule has 7 heteroatoms. The van der Waals surface area contributed by atoms with Crippen LogP contribution in [-0.2, 0) is 0 Å². The quantitative estimate of drug-likeness (QED) is 0.606. The fourth-order valence-corrected chi connectivity index (χ4v) is 9.72. The van der Waals surface area contributed by atoms with E-state index in [4.69, 9.17) is 22.5 Å². The molecule has 3 nitrogen and oxygen atoms in total. The van der Waals surface area contributed by atoms with Gasteiger partial charge in [-0.05, 0) is 19.6 Å². The first-order chi connectivity index (χ1) is 7.62. The number of rotatable bonds is 3. The maximum Gasteiger partial charge on any atom is 0.386 e. The van der Waals surface area contributed by atoms with Gasteiger partial charge in [0.2, 0.25) is 0 Å². The molecule has 0 aliphatic heterocycles. The predicted octanol–water partition coefficient (Wildman–Crippen LogP) is 4.15. The van der Waals surface area contributed by atoms with E-state index in [2.05, 4.69) is 24.1 Å². The highest BCUT2D eigenvalue weighted by atomic mass is 35.9. The highest BCUT2D eigenvalue weighted by Gasteiger charge is 2.28. The fourth-order valence-electron chi connectivity index (χ4n) is 1.28. The normalized spacial score (nSPS) is 12.4. The van der Waals surface area contributed by atoms with Gasteiger partial charge < -0.3 is 4.90 Å². The lowest BCUT2D eigenvalue weighted by Gasteiger charge is -2.14. The van der Waals surface area contributed by atoms with E-state index < -0.39 is 14.1 Å². The van der Waals surface area contributed by atoms with Crippen molar-refractivity contribution in [1.82, 2.24) is 0 Å². The number of aromatic nitrogens is 1. The SMILES string of the molecule is CN(C)c1cc[n+](P(Cl)(Cl)=N[Si](C)(C)C)cc1. The molecule has 0 spiro atoms. The van der Waals surface area contributed by atoms with Gasteiger partial charge in [0.15, 0.2) is 20.6 Å². The number of halogens is 2. The summed E-state index contributed by atoms with van der Waals surface area (Å²) in [5.41, 5.74) is 1.11. The van der Waals surface area contributed by atoms with Crippen LogP contribution >= 0.6 is 28.4 Å². The maximum atomic E-state index is 6.37. The summed E-state index contributed by atoms with van der Waals surface area (Å²) in [5, 5.41) is 0. The monoisotopic (exact) mass is 310 g/mol. The molecule has 0 aromatic carbocycles. The van der Waals surface area contributed by atoms with Crippen LogP contribution in [0.3, 0.4) is 0 Å². The summed E-state index contributed by atoms with van der Waals surface area (Å²) < 4.78 is 6.44. The molecule has 1 aromatic rings. The van der Waals surface area contributed by atoms with E-state index in [9.17, 15) is 0 Å². The third-order valence-corrected chi connectivity index (χ3v) is 8.60. The predicted molar refractivity (Wildman–Crippen MR) is 80.8 cm³/mol. The van der Waals surface area contributed by atoms with Gasteiger partial charge >= 0.3 is 5.91 Å². The Morgan fingerprint density at radius 3 is 2.00 bits per heavy atom. The van der Waals surface area contributed by atoms with Gasteiger partial charge in [0.1, 0.15) is 0 Å². The number of nitrogens with zero attached hydrogens (tertiary/aromatic N) is 3. The second-order valence-corrected chi connectivity index (χ2v) is 14.9. The van der Waals surface area contributed by atoms with Crippen molar-refractivity contribution in [3.8, 4) is 0 Å². The van der Waals surface area contributed by atoms with E-state index in [0.717, 1.165) is 5.69 Å². The Bertz CT molecular complexity index is 434. The minimum atomic E-state index is -2.44. The second-order valence-electron chi connectivity index (χ2n) is 5.06. The van der Waals surface area contributed by atoms with Gasteiger partial charge in [-0.15, -0.1) is 0 Å². The number of anilines is 1. The van der Waals surface area contributed by atoms with Gasteiger partial charge in [0, 0.05) is 54.4 Å². The topological polar surface area (TPSA) is 19.5 Å². The summed E-state index contributed by atoms with van der Waals surface area (Å²) in [6.07, 6.45) is 3.79. The lowest BCUT2D eigenvalue weighted by atomic mass is 10.4. The first-order valence-electron chi connectivity index (χ1n) is 5.34. The van der Waals surface area contributed by atoms with Crippen molar-refractivity contribution >= 4 is 42.3 Å².